The summed E-state index contributed by atoms with van der Waals surface area (Å²) >= 11 is 0. The Bertz CT molecular complexity index is 460. The molecule has 5 nitrogen and oxygen atoms in total. The highest BCUT2D eigenvalue weighted by Crippen LogP contribution is 2.43. The maximum absolute atomic E-state index is 5.57. The summed E-state index contributed by atoms with van der Waals surface area (Å²) in [5, 5.41) is 2.31. The SMILES string of the molecule is COc1cc2c(c(OC)c1OC)C[NH2+]C[C@@H]2[NH+](C)C. The predicted octanol–water partition coefficient (Wildman–Crippen LogP) is -1.02. The number of ether oxygens (including phenoxy) is 3. The number of fused-ring (bicyclic) bond motifs is 1. The molecular formula is C14H24N2O3+2. The molecular weight excluding hydrogens is 244 g/mol. The Balaban J connectivity index is 2.63. The van der Waals surface area contributed by atoms with Crippen LogP contribution in [0.4, 0.5) is 0 Å². The van der Waals surface area contributed by atoms with Gasteiger partial charge in [0.2, 0.25) is 5.75 Å². The molecule has 0 saturated heterocycles. The minimum Gasteiger partial charge on any atom is -0.493 e. The van der Waals surface area contributed by atoms with Crippen LogP contribution in [0.3, 0.4) is 0 Å². The molecule has 0 aliphatic carbocycles. The van der Waals surface area contributed by atoms with Gasteiger partial charge < -0.3 is 24.4 Å². The fourth-order valence-corrected chi connectivity index (χ4v) is 2.82. The third-order valence-corrected chi connectivity index (χ3v) is 3.79. The van der Waals surface area contributed by atoms with E-state index in [2.05, 4.69) is 25.5 Å². The van der Waals surface area contributed by atoms with Gasteiger partial charge in [-0.05, 0) is 6.07 Å². The summed E-state index contributed by atoms with van der Waals surface area (Å²) < 4.78 is 16.5. The van der Waals surface area contributed by atoms with E-state index in [1.807, 2.05) is 0 Å². The van der Waals surface area contributed by atoms with Gasteiger partial charge in [-0.3, -0.25) is 0 Å². The molecule has 1 aromatic rings. The second-order valence-corrected chi connectivity index (χ2v) is 5.07. The lowest BCUT2D eigenvalue weighted by Crippen LogP contribution is -3.10. The smallest absolute Gasteiger partial charge is 0.203 e. The van der Waals surface area contributed by atoms with Crippen LogP contribution in [0.2, 0.25) is 0 Å². The molecule has 1 aliphatic rings. The fourth-order valence-electron chi connectivity index (χ4n) is 2.82. The first kappa shape index (κ1) is 14.0. The Morgan fingerprint density at radius 2 is 1.79 bits per heavy atom. The van der Waals surface area contributed by atoms with Crippen molar-refractivity contribution in [1.82, 2.24) is 0 Å². The number of benzene rings is 1. The van der Waals surface area contributed by atoms with Gasteiger partial charge in [0, 0.05) is 5.56 Å². The second kappa shape index (κ2) is 5.67. The van der Waals surface area contributed by atoms with E-state index in [1.165, 1.54) is 16.0 Å². The molecule has 1 atom stereocenters. The Labute approximate surface area is 114 Å². The molecule has 0 amide bonds. The van der Waals surface area contributed by atoms with Crippen molar-refractivity contribution in [2.24, 2.45) is 0 Å². The van der Waals surface area contributed by atoms with Crippen LogP contribution in [0.15, 0.2) is 6.07 Å². The summed E-state index contributed by atoms with van der Waals surface area (Å²) in [6.07, 6.45) is 0. The number of hydrogen-bond donors (Lipinski definition) is 2. The molecule has 0 radical (unpaired) electrons. The average Bonchev–Trinajstić information content (AvgIpc) is 2.43. The van der Waals surface area contributed by atoms with Gasteiger partial charge in [0.25, 0.3) is 0 Å². The quantitative estimate of drug-likeness (QED) is 0.734. The highest BCUT2D eigenvalue weighted by Gasteiger charge is 2.33. The maximum Gasteiger partial charge on any atom is 0.203 e. The monoisotopic (exact) mass is 268 g/mol. The van der Waals surface area contributed by atoms with E-state index in [0.29, 0.717) is 11.8 Å². The zero-order valence-electron chi connectivity index (χ0n) is 12.4. The summed E-state index contributed by atoms with van der Waals surface area (Å²) in [7, 11) is 9.35. The number of nitrogens with two attached hydrogens (primary N) is 1. The van der Waals surface area contributed by atoms with Crippen LogP contribution in [-0.4, -0.2) is 42.0 Å². The first-order chi connectivity index (χ1) is 9.13. The molecule has 0 aromatic heterocycles. The number of rotatable bonds is 4. The third-order valence-electron chi connectivity index (χ3n) is 3.79. The second-order valence-electron chi connectivity index (χ2n) is 5.07. The average molecular weight is 268 g/mol. The molecule has 0 spiro atoms. The van der Waals surface area contributed by atoms with Crippen LogP contribution in [-0.2, 0) is 6.54 Å². The zero-order chi connectivity index (χ0) is 14.0. The van der Waals surface area contributed by atoms with E-state index in [-0.39, 0.29) is 0 Å². The van der Waals surface area contributed by atoms with E-state index in [0.717, 1.165) is 24.6 Å². The topological polar surface area (TPSA) is 48.7 Å². The molecule has 5 heteroatoms. The summed E-state index contributed by atoms with van der Waals surface area (Å²) in [5.74, 6) is 2.23. The van der Waals surface area contributed by atoms with Gasteiger partial charge in [0.1, 0.15) is 13.1 Å². The normalized spacial score (nSPS) is 18.1. The highest BCUT2D eigenvalue weighted by molar-refractivity contribution is 5.59. The standard InChI is InChI=1S/C14H22N2O3/c1-16(2)11-8-15-7-10-9(11)6-12(17-3)14(19-5)13(10)18-4/h6,11,15H,7-8H2,1-5H3/p+2/t11-/m0/s1. The fraction of sp³-hybridized carbons (Fsp3) is 0.571. The van der Waals surface area contributed by atoms with Gasteiger partial charge >= 0.3 is 0 Å². The lowest BCUT2D eigenvalue weighted by molar-refractivity contribution is -0.912. The molecule has 0 unspecified atom stereocenters. The number of methoxy groups -OCH3 is 3. The van der Waals surface area contributed by atoms with Crippen LogP contribution in [0.25, 0.3) is 0 Å². The Morgan fingerprint density at radius 3 is 2.32 bits per heavy atom. The van der Waals surface area contributed by atoms with Gasteiger partial charge in [-0.2, -0.15) is 0 Å². The number of nitrogens with one attached hydrogen (secondary N) is 1. The van der Waals surface area contributed by atoms with Crippen molar-refractivity contribution in [3.05, 3.63) is 17.2 Å². The van der Waals surface area contributed by atoms with Crippen molar-refractivity contribution >= 4 is 0 Å². The van der Waals surface area contributed by atoms with Crippen molar-refractivity contribution < 1.29 is 24.4 Å². The van der Waals surface area contributed by atoms with Gasteiger partial charge in [0.05, 0.1) is 41.0 Å². The lowest BCUT2D eigenvalue weighted by Gasteiger charge is -2.28. The van der Waals surface area contributed by atoms with E-state index >= 15 is 0 Å². The molecule has 3 N–H and O–H groups in total. The summed E-state index contributed by atoms with van der Waals surface area (Å²) in [5.41, 5.74) is 2.52. The molecule has 19 heavy (non-hydrogen) atoms. The minimum absolute atomic E-state index is 0.442. The summed E-state index contributed by atoms with van der Waals surface area (Å²) in [6.45, 7) is 2.00. The number of likely N-dealkylation sites (N-methyl/N-ethyl adjacent to an activating group) is 1. The van der Waals surface area contributed by atoms with Gasteiger partial charge in [-0.1, -0.05) is 0 Å². The largest absolute Gasteiger partial charge is 0.493 e. The van der Waals surface area contributed by atoms with Crippen LogP contribution in [0, 0.1) is 0 Å². The predicted molar refractivity (Wildman–Crippen MR) is 72.1 cm³/mol. The van der Waals surface area contributed by atoms with Crippen molar-refractivity contribution in [2.75, 3.05) is 42.0 Å². The van der Waals surface area contributed by atoms with Crippen molar-refractivity contribution in [1.29, 1.82) is 0 Å². The van der Waals surface area contributed by atoms with Crippen molar-refractivity contribution in [2.45, 2.75) is 12.6 Å². The van der Waals surface area contributed by atoms with Gasteiger partial charge in [-0.15, -0.1) is 0 Å². The van der Waals surface area contributed by atoms with Crippen LogP contribution < -0.4 is 24.4 Å². The molecule has 0 fully saturated rings. The van der Waals surface area contributed by atoms with Crippen molar-refractivity contribution in [3.8, 4) is 17.2 Å². The maximum atomic E-state index is 5.57. The molecule has 106 valence electrons. The molecule has 0 saturated carbocycles. The van der Waals surface area contributed by atoms with Gasteiger partial charge in [0.15, 0.2) is 17.5 Å². The van der Waals surface area contributed by atoms with Crippen molar-refractivity contribution in [3.63, 3.8) is 0 Å². The molecule has 0 bridgehead atoms. The molecule has 1 heterocycles. The first-order valence-corrected chi connectivity index (χ1v) is 6.57. The summed E-state index contributed by atoms with van der Waals surface area (Å²) in [4.78, 5) is 1.41. The number of hydrogen-bond acceptors (Lipinski definition) is 3. The van der Waals surface area contributed by atoms with Crippen LogP contribution in [0.1, 0.15) is 17.2 Å². The summed E-state index contributed by atoms with van der Waals surface area (Å²) in [6, 6.07) is 2.54. The lowest BCUT2D eigenvalue weighted by atomic mass is 9.94. The van der Waals surface area contributed by atoms with E-state index in [1.54, 1.807) is 21.3 Å². The van der Waals surface area contributed by atoms with Crippen LogP contribution >= 0.6 is 0 Å². The van der Waals surface area contributed by atoms with Gasteiger partial charge in [-0.25, -0.2) is 0 Å². The number of quaternary nitrogens is 2. The Hall–Kier alpha value is -1.46. The van der Waals surface area contributed by atoms with E-state index in [4.69, 9.17) is 14.2 Å². The minimum atomic E-state index is 0.442. The Kier molecular flexibility index (Phi) is 4.17. The first-order valence-electron chi connectivity index (χ1n) is 6.57. The molecule has 2 rings (SSSR count). The molecule has 1 aliphatic heterocycles. The highest BCUT2D eigenvalue weighted by atomic mass is 16.5. The van der Waals surface area contributed by atoms with Crippen LogP contribution in [0.5, 0.6) is 17.2 Å². The van der Waals surface area contributed by atoms with E-state index in [9.17, 15) is 0 Å². The third kappa shape index (κ3) is 2.35. The molecule has 1 aromatic carbocycles. The Morgan fingerprint density at radius 1 is 1.11 bits per heavy atom. The van der Waals surface area contributed by atoms with E-state index < -0.39 is 0 Å². The zero-order valence-corrected chi connectivity index (χ0v) is 12.4.